The summed E-state index contributed by atoms with van der Waals surface area (Å²) in [5.74, 6) is 0.727. The van der Waals surface area contributed by atoms with Gasteiger partial charge < -0.3 is 20.3 Å². The zero-order chi connectivity index (χ0) is 19.1. The summed E-state index contributed by atoms with van der Waals surface area (Å²) < 4.78 is 5.23. The third-order valence-electron chi connectivity index (χ3n) is 4.76. The molecule has 0 unspecified atom stereocenters. The van der Waals surface area contributed by atoms with E-state index in [0.29, 0.717) is 32.6 Å². The Morgan fingerprint density at radius 1 is 1.15 bits per heavy atom. The van der Waals surface area contributed by atoms with Crippen LogP contribution in [0.3, 0.4) is 0 Å². The van der Waals surface area contributed by atoms with Gasteiger partial charge in [-0.05, 0) is 23.3 Å². The van der Waals surface area contributed by atoms with Gasteiger partial charge in [-0.15, -0.1) is 0 Å². The van der Waals surface area contributed by atoms with Gasteiger partial charge in [0.05, 0.1) is 7.11 Å². The SMILES string of the molecule is COc1ccc([C@@H](CC(=O)NCCN2CCNC2=O)c2ccccc2)cc1. The Kier molecular flexibility index (Phi) is 6.30. The van der Waals surface area contributed by atoms with Crippen LogP contribution in [-0.4, -0.2) is 50.1 Å². The van der Waals surface area contributed by atoms with E-state index in [2.05, 4.69) is 10.6 Å². The molecule has 0 aromatic heterocycles. The molecule has 1 fully saturated rings. The van der Waals surface area contributed by atoms with E-state index in [4.69, 9.17) is 4.74 Å². The topological polar surface area (TPSA) is 70.7 Å². The average Bonchev–Trinajstić information content (AvgIpc) is 3.12. The quantitative estimate of drug-likeness (QED) is 0.752. The lowest BCUT2D eigenvalue weighted by atomic mass is 9.88. The summed E-state index contributed by atoms with van der Waals surface area (Å²) in [6, 6.07) is 17.8. The molecule has 0 spiro atoms. The van der Waals surface area contributed by atoms with Gasteiger partial charge in [-0.25, -0.2) is 4.79 Å². The first-order chi connectivity index (χ1) is 13.2. The fraction of sp³-hybridized carbons (Fsp3) is 0.333. The Morgan fingerprint density at radius 2 is 1.85 bits per heavy atom. The first-order valence-corrected chi connectivity index (χ1v) is 9.15. The van der Waals surface area contributed by atoms with Gasteiger partial charge in [0, 0.05) is 38.5 Å². The van der Waals surface area contributed by atoms with Gasteiger partial charge in [0.1, 0.15) is 5.75 Å². The molecule has 2 N–H and O–H groups in total. The molecule has 1 aliphatic rings. The van der Waals surface area contributed by atoms with Crippen molar-refractivity contribution in [1.29, 1.82) is 0 Å². The van der Waals surface area contributed by atoms with Crippen molar-refractivity contribution in [3.63, 3.8) is 0 Å². The van der Waals surface area contributed by atoms with Crippen LogP contribution in [0.1, 0.15) is 23.5 Å². The first kappa shape index (κ1) is 18.8. The van der Waals surface area contributed by atoms with Crippen molar-refractivity contribution in [2.45, 2.75) is 12.3 Å². The number of nitrogens with zero attached hydrogens (tertiary/aromatic N) is 1. The van der Waals surface area contributed by atoms with Crippen molar-refractivity contribution < 1.29 is 14.3 Å². The molecule has 0 bridgehead atoms. The van der Waals surface area contributed by atoms with Crippen LogP contribution in [0, 0.1) is 0 Å². The van der Waals surface area contributed by atoms with Gasteiger partial charge in [0.15, 0.2) is 0 Å². The molecule has 27 heavy (non-hydrogen) atoms. The average molecular weight is 367 g/mol. The summed E-state index contributed by atoms with van der Waals surface area (Å²) in [6.45, 7) is 2.33. The summed E-state index contributed by atoms with van der Waals surface area (Å²) in [4.78, 5) is 25.8. The number of urea groups is 1. The highest BCUT2D eigenvalue weighted by molar-refractivity contribution is 5.78. The lowest BCUT2D eigenvalue weighted by Gasteiger charge is -2.19. The Balaban J connectivity index is 1.63. The highest BCUT2D eigenvalue weighted by Gasteiger charge is 2.20. The second kappa shape index (κ2) is 9.07. The van der Waals surface area contributed by atoms with Crippen LogP contribution in [0.15, 0.2) is 54.6 Å². The second-order valence-corrected chi connectivity index (χ2v) is 6.51. The van der Waals surface area contributed by atoms with Gasteiger partial charge in [0.25, 0.3) is 0 Å². The largest absolute Gasteiger partial charge is 0.497 e. The number of hydrogen-bond donors (Lipinski definition) is 2. The summed E-state index contributed by atoms with van der Waals surface area (Å²) in [6.07, 6.45) is 0.350. The standard InChI is InChI=1S/C21H25N3O3/c1-27-18-9-7-17(8-10-18)19(16-5-3-2-4-6-16)15-20(25)22-11-13-24-14-12-23-21(24)26/h2-10,19H,11-15H2,1H3,(H,22,25)(H,23,26)/t19-/m0/s1. The molecule has 0 radical (unpaired) electrons. The van der Waals surface area contributed by atoms with E-state index in [0.717, 1.165) is 16.9 Å². The molecule has 1 aliphatic heterocycles. The molecule has 142 valence electrons. The van der Waals surface area contributed by atoms with Crippen molar-refractivity contribution in [2.24, 2.45) is 0 Å². The Labute approximate surface area is 159 Å². The van der Waals surface area contributed by atoms with Crippen molar-refractivity contribution in [3.8, 4) is 5.75 Å². The predicted octanol–water partition coefficient (Wildman–Crippen LogP) is 2.36. The molecule has 2 aromatic carbocycles. The number of rotatable bonds is 8. The van der Waals surface area contributed by atoms with Crippen LogP contribution in [0.5, 0.6) is 5.75 Å². The van der Waals surface area contributed by atoms with E-state index in [1.807, 2.05) is 54.6 Å². The number of nitrogens with one attached hydrogen (secondary N) is 2. The zero-order valence-corrected chi connectivity index (χ0v) is 15.5. The van der Waals surface area contributed by atoms with Crippen molar-refractivity contribution in [3.05, 3.63) is 65.7 Å². The number of carbonyl (C=O) groups is 2. The van der Waals surface area contributed by atoms with Crippen LogP contribution in [0.4, 0.5) is 4.79 Å². The molecule has 0 aliphatic carbocycles. The fourth-order valence-electron chi connectivity index (χ4n) is 3.26. The molecule has 3 amide bonds. The number of methoxy groups -OCH3 is 1. The van der Waals surface area contributed by atoms with Crippen LogP contribution < -0.4 is 15.4 Å². The lowest BCUT2D eigenvalue weighted by molar-refractivity contribution is -0.121. The van der Waals surface area contributed by atoms with E-state index in [-0.39, 0.29) is 17.9 Å². The summed E-state index contributed by atoms with van der Waals surface area (Å²) in [5, 5.41) is 5.69. The molecule has 1 saturated heterocycles. The van der Waals surface area contributed by atoms with Gasteiger partial charge >= 0.3 is 6.03 Å². The highest BCUT2D eigenvalue weighted by atomic mass is 16.5. The monoisotopic (exact) mass is 367 g/mol. The van der Waals surface area contributed by atoms with Crippen molar-refractivity contribution in [2.75, 3.05) is 33.3 Å². The van der Waals surface area contributed by atoms with Crippen LogP contribution in [-0.2, 0) is 4.79 Å². The molecule has 1 heterocycles. The molecule has 2 aromatic rings. The summed E-state index contributed by atoms with van der Waals surface area (Å²) in [7, 11) is 1.64. The zero-order valence-electron chi connectivity index (χ0n) is 15.5. The maximum Gasteiger partial charge on any atom is 0.317 e. The van der Waals surface area contributed by atoms with Gasteiger partial charge in [-0.2, -0.15) is 0 Å². The van der Waals surface area contributed by atoms with Gasteiger partial charge in [-0.1, -0.05) is 42.5 Å². The molecule has 0 saturated carbocycles. The maximum absolute atomic E-state index is 12.5. The van der Waals surface area contributed by atoms with E-state index in [9.17, 15) is 9.59 Å². The van der Waals surface area contributed by atoms with E-state index >= 15 is 0 Å². The molecule has 1 atom stereocenters. The minimum absolute atomic E-state index is 0.0284. The van der Waals surface area contributed by atoms with Gasteiger partial charge in [0.2, 0.25) is 5.91 Å². The minimum Gasteiger partial charge on any atom is -0.497 e. The minimum atomic E-state index is -0.0651. The molecule has 6 heteroatoms. The Bertz CT molecular complexity index is 762. The Morgan fingerprint density at radius 3 is 2.48 bits per heavy atom. The van der Waals surface area contributed by atoms with Crippen LogP contribution >= 0.6 is 0 Å². The van der Waals surface area contributed by atoms with E-state index in [1.54, 1.807) is 12.0 Å². The third kappa shape index (κ3) is 5.00. The van der Waals surface area contributed by atoms with Gasteiger partial charge in [-0.3, -0.25) is 4.79 Å². The second-order valence-electron chi connectivity index (χ2n) is 6.51. The first-order valence-electron chi connectivity index (χ1n) is 9.15. The normalized spacial score (nSPS) is 14.6. The summed E-state index contributed by atoms with van der Waals surface area (Å²) in [5.41, 5.74) is 2.16. The van der Waals surface area contributed by atoms with Crippen LogP contribution in [0.2, 0.25) is 0 Å². The molecule has 6 nitrogen and oxygen atoms in total. The van der Waals surface area contributed by atoms with Crippen molar-refractivity contribution in [1.82, 2.24) is 15.5 Å². The van der Waals surface area contributed by atoms with E-state index in [1.165, 1.54) is 0 Å². The maximum atomic E-state index is 12.5. The van der Waals surface area contributed by atoms with E-state index < -0.39 is 0 Å². The molecular formula is C21H25N3O3. The number of hydrogen-bond acceptors (Lipinski definition) is 3. The highest BCUT2D eigenvalue weighted by Crippen LogP contribution is 2.29. The molecule has 3 rings (SSSR count). The Hall–Kier alpha value is -3.02. The third-order valence-corrected chi connectivity index (χ3v) is 4.76. The van der Waals surface area contributed by atoms with Crippen LogP contribution in [0.25, 0.3) is 0 Å². The van der Waals surface area contributed by atoms with Crippen molar-refractivity contribution >= 4 is 11.9 Å². The summed E-state index contributed by atoms with van der Waals surface area (Å²) >= 11 is 0. The predicted molar refractivity (Wildman–Crippen MR) is 104 cm³/mol. The lowest BCUT2D eigenvalue weighted by Crippen LogP contribution is -2.37. The fourth-order valence-corrected chi connectivity index (χ4v) is 3.26. The number of amides is 3. The smallest absolute Gasteiger partial charge is 0.317 e. The number of ether oxygens (including phenoxy) is 1. The molecular weight excluding hydrogens is 342 g/mol. The number of carbonyl (C=O) groups excluding carboxylic acids is 2. The number of benzene rings is 2.